The maximum Gasteiger partial charge on any atom is 0.251 e. The number of rotatable bonds is 7. The summed E-state index contributed by atoms with van der Waals surface area (Å²) in [6.45, 7) is 2.94. The molecule has 1 rings (SSSR count). The minimum atomic E-state index is -0.125. The Hall–Kier alpha value is -1.26. The summed E-state index contributed by atoms with van der Waals surface area (Å²) in [5, 5.41) is 2.74. The van der Waals surface area contributed by atoms with Crippen LogP contribution in [0.25, 0.3) is 0 Å². The first-order valence-electron chi connectivity index (χ1n) is 6.14. The summed E-state index contributed by atoms with van der Waals surface area (Å²) in [6.07, 6.45) is 0.671. The summed E-state index contributed by atoms with van der Waals surface area (Å²) in [7, 11) is 3.19. The summed E-state index contributed by atoms with van der Waals surface area (Å²) in [5.41, 5.74) is 1.58. The minimum absolute atomic E-state index is 0.0853. The van der Waals surface area contributed by atoms with Crippen LogP contribution in [0.3, 0.4) is 0 Å². The van der Waals surface area contributed by atoms with E-state index in [-0.39, 0.29) is 11.3 Å². The molecule has 0 spiro atoms. The third-order valence-corrected chi connectivity index (χ3v) is 3.11. The monoisotopic (exact) mass is 285 g/mol. The lowest BCUT2D eigenvalue weighted by atomic mass is 10.1. The first-order chi connectivity index (χ1) is 9.08. The van der Waals surface area contributed by atoms with Gasteiger partial charge in [0.2, 0.25) is 0 Å². The number of carbonyl (C=O) groups excluding carboxylic acids is 1. The van der Waals surface area contributed by atoms with Gasteiger partial charge in [0, 0.05) is 19.2 Å². The number of methoxy groups -OCH3 is 2. The highest BCUT2D eigenvalue weighted by Crippen LogP contribution is 2.18. The Morgan fingerprint density at radius 3 is 2.79 bits per heavy atom. The van der Waals surface area contributed by atoms with Crippen LogP contribution in [0, 0.1) is 6.92 Å². The Morgan fingerprint density at radius 1 is 1.42 bits per heavy atom. The molecule has 0 aromatic heterocycles. The van der Waals surface area contributed by atoms with Gasteiger partial charge in [-0.1, -0.05) is 6.07 Å². The molecule has 1 unspecified atom stereocenters. The smallest absolute Gasteiger partial charge is 0.251 e. The third-order valence-electron chi connectivity index (χ3n) is 2.76. The Balaban J connectivity index is 2.49. The van der Waals surface area contributed by atoms with Gasteiger partial charge in [0.15, 0.2) is 0 Å². The Bertz CT molecular complexity index is 423. The molecule has 0 aliphatic rings. The summed E-state index contributed by atoms with van der Waals surface area (Å²) >= 11 is 5.98. The number of amides is 1. The average Bonchev–Trinajstić information content (AvgIpc) is 2.39. The minimum Gasteiger partial charge on any atom is -0.496 e. The van der Waals surface area contributed by atoms with Crippen molar-refractivity contribution in [3.63, 3.8) is 0 Å². The van der Waals surface area contributed by atoms with Crippen molar-refractivity contribution in [1.29, 1.82) is 0 Å². The summed E-state index contributed by atoms with van der Waals surface area (Å²) in [6, 6.07) is 5.38. The molecule has 0 radical (unpaired) electrons. The summed E-state index contributed by atoms with van der Waals surface area (Å²) in [4.78, 5) is 11.9. The molecule has 4 nitrogen and oxygen atoms in total. The van der Waals surface area contributed by atoms with Crippen molar-refractivity contribution < 1.29 is 14.3 Å². The molecule has 1 amide bonds. The molecule has 0 aliphatic heterocycles. The van der Waals surface area contributed by atoms with Crippen LogP contribution in [0.1, 0.15) is 22.3 Å². The number of hydrogen-bond donors (Lipinski definition) is 1. The highest BCUT2D eigenvalue weighted by molar-refractivity contribution is 6.20. The second kappa shape index (κ2) is 8.02. The second-order valence-corrected chi connectivity index (χ2v) is 4.90. The van der Waals surface area contributed by atoms with Crippen LogP contribution >= 0.6 is 11.6 Å². The highest BCUT2D eigenvalue weighted by atomic mass is 35.5. The molecule has 19 heavy (non-hydrogen) atoms. The zero-order chi connectivity index (χ0) is 14.3. The van der Waals surface area contributed by atoms with Crippen LogP contribution in [0.4, 0.5) is 0 Å². The Labute approximate surface area is 119 Å². The van der Waals surface area contributed by atoms with E-state index in [2.05, 4.69) is 5.32 Å². The maximum atomic E-state index is 11.9. The lowest BCUT2D eigenvalue weighted by Crippen LogP contribution is -2.27. The molecule has 5 heteroatoms. The number of alkyl halides is 1. The number of benzene rings is 1. The fourth-order valence-corrected chi connectivity index (χ4v) is 1.90. The van der Waals surface area contributed by atoms with Gasteiger partial charge in [0.1, 0.15) is 5.75 Å². The van der Waals surface area contributed by atoms with E-state index in [9.17, 15) is 4.79 Å². The van der Waals surface area contributed by atoms with Crippen LogP contribution in [-0.4, -0.2) is 38.7 Å². The molecule has 0 bridgehead atoms. The zero-order valence-corrected chi connectivity index (χ0v) is 12.3. The summed E-state index contributed by atoms with van der Waals surface area (Å²) in [5.74, 6) is 0.585. The quantitative estimate of drug-likeness (QED) is 0.783. The molecule has 1 aromatic carbocycles. The second-order valence-electron chi connectivity index (χ2n) is 4.28. The van der Waals surface area contributed by atoms with Crippen molar-refractivity contribution in [2.24, 2.45) is 0 Å². The van der Waals surface area contributed by atoms with Crippen molar-refractivity contribution in [1.82, 2.24) is 5.32 Å². The van der Waals surface area contributed by atoms with Gasteiger partial charge in [-0.3, -0.25) is 4.79 Å². The van der Waals surface area contributed by atoms with E-state index in [4.69, 9.17) is 21.1 Å². The van der Waals surface area contributed by atoms with Crippen LogP contribution in [-0.2, 0) is 4.74 Å². The molecule has 0 saturated heterocycles. The largest absolute Gasteiger partial charge is 0.496 e. The van der Waals surface area contributed by atoms with Gasteiger partial charge in [-0.15, -0.1) is 11.6 Å². The third kappa shape index (κ3) is 5.09. The number of ether oxygens (including phenoxy) is 2. The lowest BCUT2D eigenvalue weighted by Gasteiger charge is -2.10. The number of nitrogens with one attached hydrogen (secondary N) is 1. The number of carbonyl (C=O) groups is 1. The number of hydrogen-bond acceptors (Lipinski definition) is 3. The normalized spacial score (nSPS) is 12.0. The van der Waals surface area contributed by atoms with E-state index < -0.39 is 0 Å². The van der Waals surface area contributed by atoms with E-state index in [0.717, 1.165) is 5.56 Å². The molecule has 0 aliphatic carbocycles. The SMILES string of the molecule is COCC(Cl)CCNC(=O)c1ccc(C)c(OC)c1. The van der Waals surface area contributed by atoms with Crippen LogP contribution < -0.4 is 10.1 Å². The molecular weight excluding hydrogens is 266 g/mol. The van der Waals surface area contributed by atoms with Crippen molar-refractivity contribution in [2.75, 3.05) is 27.4 Å². The molecule has 106 valence electrons. The molecule has 1 atom stereocenters. The number of halogens is 1. The summed E-state index contributed by atoms with van der Waals surface area (Å²) < 4.78 is 10.1. The van der Waals surface area contributed by atoms with Gasteiger partial charge in [0.25, 0.3) is 5.91 Å². The van der Waals surface area contributed by atoms with Crippen LogP contribution in [0.5, 0.6) is 5.75 Å². The molecular formula is C14H20ClNO3. The van der Waals surface area contributed by atoms with Crippen molar-refractivity contribution in [3.05, 3.63) is 29.3 Å². The van der Waals surface area contributed by atoms with Gasteiger partial charge < -0.3 is 14.8 Å². The van der Waals surface area contributed by atoms with Crippen LogP contribution in [0.2, 0.25) is 0 Å². The van der Waals surface area contributed by atoms with Crippen molar-refractivity contribution in [3.8, 4) is 5.75 Å². The standard InChI is InChI=1S/C14H20ClNO3/c1-10-4-5-11(8-13(10)19-3)14(17)16-7-6-12(15)9-18-2/h4-5,8,12H,6-7,9H2,1-3H3,(H,16,17). The van der Waals surface area contributed by atoms with E-state index in [1.54, 1.807) is 26.4 Å². The number of aryl methyl sites for hydroxylation is 1. The van der Waals surface area contributed by atoms with Crippen molar-refractivity contribution >= 4 is 17.5 Å². The molecule has 1 N–H and O–H groups in total. The lowest BCUT2D eigenvalue weighted by molar-refractivity contribution is 0.0951. The Morgan fingerprint density at radius 2 is 2.16 bits per heavy atom. The highest BCUT2D eigenvalue weighted by Gasteiger charge is 2.09. The predicted molar refractivity (Wildman–Crippen MR) is 76.2 cm³/mol. The van der Waals surface area contributed by atoms with Gasteiger partial charge in [-0.2, -0.15) is 0 Å². The van der Waals surface area contributed by atoms with Gasteiger partial charge in [-0.25, -0.2) is 0 Å². The Kier molecular flexibility index (Phi) is 6.67. The molecule has 0 fully saturated rings. The topological polar surface area (TPSA) is 47.6 Å². The van der Waals surface area contributed by atoms with E-state index in [0.29, 0.717) is 30.9 Å². The van der Waals surface area contributed by atoms with E-state index >= 15 is 0 Å². The van der Waals surface area contributed by atoms with Crippen LogP contribution in [0.15, 0.2) is 18.2 Å². The van der Waals surface area contributed by atoms with Gasteiger partial charge >= 0.3 is 0 Å². The van der Waals surface area contributed by atoms with E-state index in [1.807, 2.05) is 13.0 Å². The maximum absolute atomic E-state index is 11.9. The zero-order valence-electron chi connectivity index (χ0n) is 11.5. The van der Waals surface area contributed by atoms with Gasteiger partial charge in [-0.05, 0) is 31.0 Å². The first-order valence-corrected chi connectivity index (χ1v) is 6.58. The van der Waals surface area contributed by atoms with Crippen molar-refractivity contribution in [2.45, 2.75) is 18.7 Å². The predicted octanol–water partition coefficient (Wildman–Crippen LogP) is 2.38. The molecule has 1 aromatic rings. The van der Waals surface area contributed by atoms with Gasteiger partial charge in [0.05, 0.1) is 19.1 Å². The van der Waals surface area contributed by atoms with E-state index in [1.165, 1.54) is 0 Å². The molecule has 0 heterocycles. The fraction of sp³-hybridized carbons (Fsp3) is 0.500. The first kappa shape index (κ1) is 15.8. The molecule has 0 saturated carbocycles. The average molecular weight is 286 g/mol. The fourth-order valence-electron chi connectivity index (χ4n) is 1.67.